The number of likely N-dealkylation sites (tertiary alicyclic amines) is 1. The molecular formula is C26H35N7O6. The number of imidazole rings is 1. The molecule has 2 aromatic heterocycles. The van der Waals surface area contributed by atoms with Gasteiger partial charge in [0.2, 0.25) is 5.82 Å². The van der Waals surface area contributed by atoms with Crippen LogP contribution in [0.4, 0.5) is 10.6 Å². The van der Waals surface area contributed by atoms with Crippen molar-refractivity contribution in [2.24, 2.45) is 11.8 Å². The summed E-state index contributed by atoms with van der Waals surface area (Å²) in [7, 11) is 0. The summed E-state index contributed by atoms with van der Waals surface area (Å²) in [4.78, 5) is 39.3. The molecule has 39 heavy (non-hydrogen) atoms. The lowest BCUT2D eigenvalue weighted by Gasteiger charge is -2.30. The summed E-state index contributed by atoms with van der Waals surface area (Å²) in [6, 6.07) is 0.0889. The number of nitrogen functional groups attached to an aromatic ring is 1. The molecule has 2 aromatic rings. The van der Waals surface area contributed by atoms with E-state index in [2.05, 4.69) is 32.1 Å². The van der Waals surface area contributed by atoms with Crippen LogP contribution in [0.15, 0.2) is 6.33 Å². The average Bonchev–Trinajstić information content (AvgIpc) is 3.55. The molecule has 1 aliphatic carbocycles. The van der Waals surface area contributed by atoms with Gasteiger partial charge in [0.15, 0.2) is 23.8 Å². The number of aromatic nitrogens is 4. The fraction of sp³-hybridized carbons (Fsp3) is 0.654. The summed E-state index contributed by atoms with van der Waals surface area (Å²) in [6.07, 6.45) is 0.0726. The van der Waals surface area contributed by atoms with Crippen LogP contribution in [0.1, 0.15) is 58.0 Å². The molecule has 5 rings (SSSR count). The van der Waals surface area contributed by atoms with Crippen molar-refractivity contribution in [1.29, 1.82) is 0 Å². The summed E-state index contributed by atoms with van der Waals surface area (Å²) in [5, 5.41) is 23.9. The normalized spacial score (nSPS) is 25.5. The Hall–Kier alpha value is -3.47. The van der Waals surface area contributed by atoms with Gasteiger partial charge in [-0.3, -0.25) is 9.36 Å². The van der Waals surface area contributed by atoms with Gasteiger partial charge < -0.3 is 35.6 Å². The van der Waals surface area contributed by atoms with Gasteiger partial charge in [0.1, 0.15) is 17.7 Å². The van der Waals surface area contributed by atoms with Gasteiger partial charge in [-0.05, 0) is 43.4 Å². The fourth-order valence-corrected chi connectivity index (χ4v) is 4.72. The number of rotatable bonds is 6. The van der Waals surface area contributed by atoms with Gasteiger partial charge in [-0.1, -0.05) is 19.8 Å². The van der Waals surface area contributed by atoms with Gasteiger partial charge in [0, 0.05) is 25.6 Å². The Kier molecular flexibility index (Phi) is 7.88. The number of nitrogens with zero attached hydrogens (tertiary/aromatic N) is 5. The number of ether oxygens (including phenoxy) is 2. The van der Waals surface area contributed by atoms with Crippen molar-refractivity contribution in [2.45, 2.75) is 76.5 Å². The zero-order valence-electron chi connectivity index (χ0n) is 22.1. The van der Waals surface area contributed by atoms with E-state index in [0.717, 1.165) is 25.7 Å². The summed E-state index contributed by atoms with van der Waals surface area (Å²) in [5.74, 6) is 6.56. The van der Waals surface area contributed by atoms with Crippen LogP contribution >= 0.6 is 0 Å². The number of nitrogens with one attached hydrogen (secondary N) is 1. The van der Waals surface area contributed by atoms with E-state index in [0.29, 0.717) is 43.5 Å². The van der Waals surface area contributed by atoms with Gasteiger partial charge in [0.25, 0.3) is 5.91 Å². The Labute approximate surface area is 226 Å². The summed E-state index contributed by atoms with van der Waals surface area (Å²) in [6.45, 7) is 5.69. The number of aliphatic hydroxyl groups is 2. The molecule has 0 bridgehead atoms. The number of fused-ring (bicyclic) bond motifs is 1. The van der Waals surface area contributed by atoms with Crippen LogP contribution in [0.3, 0.4) is 0 Å². The molecule has 0 unspecified atom stereocenters. The lowest BCUT2D eigenvalue weighted by molar-refractivity contribution is -0.137. The van der Waals surface area contributed by atoms with Crippen LogP contribution in [0.5, 0.6) is 0 Å². The molecule has 4 atom stereocenters. The highest BCUT2D eigenvalue weighted by molar-refractivity contribution is 5.83. The van der Waals surface area contributed by atoms with E-state index in [1.807, 2.05) is 13.8 Å². The molecular weight excluding hydrogens is 506 g/mol. The van der Waals surface area contributed by atoms with Crippen molar-refractivity contribution in [3.63, 3.8) is 0 Å². The molecule has 210 valence electrons. The molecule has 1 saturated carbocycles. The Balaban J connectivity index is 1.23. The molecule has 3 fully saturated rings. The van der Waals surface area contributed by atoms with Gasteiger partial charge >= 0.3 is 6.09 Å². The van der Waals surface area contributed by atoms with Crippen LogP contribution in [0, 0.1) is 23.7 Å². The van der Waals surface area contributed by atoms with Gasteiger partial charge in [-0.15, -0.1) is 0 Å². The first-order valence-corrected chi connectivity index (χ1v) is 13.4. The topological polar surface area (TPSA) is 178 Å². The monoisotopic (exact) mass is 541 g/mol. The Bertz CT molecular complexity index is 1270. The molecule has 3 aliphatic rings. The summed E-state index contributed by atoms with van der Waals surface area (Å²) >= 11 is 0. The second-order valence-electron chi connectivity index (χ2n) is 10.9. The second kappa shape index (κ2) is 11.3. The van der Waals surface area contributed by atoms with Crippen molar-refractivity contribution < 1.29 is 29.3 Å². The lowest BCUT2D eigenvalue weighted by atomic mass is 9.94. The maximum absolute atomic E-state index is 12.5. The minimum atomic E-state index is -1.41. The highest BCUT2D eigenvalue weighted by atomic mass is 16.6. The molecule has 0 aromatic carbocycles. The highest BCUT2D eigenvalue weighted by Gasteiger charge is 2.48. The molecule has 13 nitrogen and oxygen atoms in total. The van der Waals surface area contributed by atoms with Crippen LogP contribution in [-0.2, 0) is 14.3 Å². The molecule has 13 heteroatoms. The lowest BCUT2D eigenvalue weighted by Crippen LogP contribution is -2.43. The maximum atomic E-state index is 12.5. The second-order valence-corrected chi connectivity index (χ2v) is 10.9. The molecule has 2 amide bonds. The molecule has 0 radical (unpaired) electrons. The summed E-state index contributed by atoms with van der Waals surface area (Å²) < 4.78 is 12.5. The Morgan fingerprint density at radius 3 is 2.64 bits per heavy atom. The van der Waals surface area contributed by atoms with Gasteiger partial charge in [0.05, 0.1) is 12.9 Å². The van der Waals surface area contributed by atoms with Crippen LogP contribution in [0.25, 0.3) is 11.2 Å². The maximum Gasteiger partial charge on any atom is 0.409 e. The van der Waals surface area contributed by atoms with E-state index < -0.39 is 30.4 Å². The van der Waals surface area contributed by atoms with Crippen molar-refractivity contribution in [3.8, 4) is 11.8 Å². The number of anilines is 1. The minimum absolute atomic E-state index is 0.0889. The zero-order valence-corrected chi connectivity index (χ0v) is 22.1. The fourth-order valence-electron chi connectivity index (χ4n) is 4.72. The first-order chi connectivity index (χ1) is 18.7. The Morgan fingerprint density at radius 1 is 1.21 bits per heavy atom. The third kappa shape index (κ3) is 6.08. The van der Waals surface area contributed by atoms with Crippen LogP contribution in [0.2, 0.25) is 0 Å². The largest absolute Gasteiger partial charge is 0.449 e. The van der Waals surface area contributed by atoms with Crippen molar-refractivity contribution in [1.82, 2.24) is 29.7 Å². The number of aliphatic hydroxyl groups excluding tert-OH is 2. The highest BCUT2D eigenvalue weighted by Crippen LogP contribution is 2.33. The number of hydrogen-bond donors (Lipinski definition) is 4. The predicted octanol–water partition coefficient (Wildman–Crippen LogP) is 0.553. The van der Waals surface area contributed by atoms with Crippen molar-refractivity contribution >= 4 is 29.0 Å². The Morgan fingerprint density at radius 2 is 1.95 bits per heavy atom. The van der Waals surface area contributed by atoms with E-state index in [4.69, 9.17) is 15.2 Å². The van der Waals surface area contributed by atoms with Crippen molar-refractivity contribution in [2.75, 3.05) is 25.4 Å². The number of carbonyl (C=O) groups is 2. The number of nitrogens with two attached hydrogens (primary N) is 1. The van der Waals surface area contributed by atoms with E-state index in [1.165, 1.54) is 10.9 Å². The third-order valence-corrected chi connectivity index (χ3v) is 7.15. The standard InChI is InChI=1S/C26H35N7O6/c1-14(2)12-38-26(37)32-10-8-15(9-11-32)4-3-5-17-30-22(27)18-23(31-17)33(13-28-18)25-20(35)19(34)21(39-25)24(36)29-16-6-7-16/h13-16,19-21,25,34-35H,4,6-12H2,1-2H3,(H,29,36)(H2,27,30,31)/t19-,20+,21-,25+/m0/s1. The molecule has 2 aliphatic heterocycles. The zero-order chi connectivity index (χ0) is 27.7. The van der Waals surface area contributed by atoms with Gasteiger partial charge in [-0.2, -0.15) is 0 Å². The number of amides is 2. The SMILES string of the molecule is CC(C)COC(=O)N1CCC(CC#Cc2nc(N)c3ncn([C@@H]4O[C@H](C(=O)NC5CC5)[C@@H](O)[C@H]4O)c3n2)CC1. The quantitative estimate of drug-likeness (QED) is 0.378. The first-order valence-electron chi connectivity index (χ1n) is 13.4. The van der Waals surface area contributed by atoms with Crippen LogP contribution in [-0.4, -0.2) is 90.7 Å². The van der Waals surface area contributed by atoms with Crippen LogP contribution < -0.4 is 11.1 Å². The third-order valence-electron chi connectivity index (χ3n) is 7.15. The van der Waals surface area contributed by atoms with E-state index in [9.17, 15) is 19.8 Å². The number of hydrogen-bond acceptors (Lipinski definition) is 10. The average molecular weight is 542 g/mol. The molecule has 4 heterocycles. The number of piperidine rings is 1. The number of carbonyl (C=O) groups excluding carboxylic acids is 2. The first kappa shape index (κ1) is 27.1. The molecule has 0 spiro atoms. The minimum Gasteiger partial charge on any atom is -0.449 e. The van der Waals surface area contributed by atoms with Gasteiger partial charge in [-0.25, -0.2) is 19.7 Å². The molecule has 2 saturated heterocycles. The van der Waals surface area contributed by atoms with E-state index >= 15 is 0 Å². The van der Waals surface area contributed by atoms with E-state index in [-0.39, 0.29) is 29.4 Å². The van der Waals surface area contributed by atoms with Crippen molar-refractivity contribution in [3.05, 3.63) is 12.2 Å². The van der Waals surface area contributed by atoms with E-state index in [1.54, 1.807) is 4.90 Å². The predicted molar refractivity (Wildman–Crippen MR) is 139 cm³/mol. The molecule has 5 N–H and O–H groups in total. The smallest absolute Gasteiger partial charge is 0.409 e. The summed E-state index contributed by atoms with van der Waals surface area (Å²) in [5.41, 5.74) is 6.69.